The van der Waals surface area contributed by atoms with Crippen molar-refractivity contribution in [2.45, 2.75) is 10.8 Å². The molecule has 13 aromatic carbocycles. The van der Waals surface area contributed by atoms with Gasteiger partial charge < -0.3 is 9.47 Å². The molecular weight excluding hydrogens is 965 g/mol. The highest BCUT2D eigenvalue weighted by Gasteiger charge is 2.51. The van der Waals surface area contributed by atoms with Crippen LogP contribution in [0, 0.1) is 0 Å². The van der Waals surface area contributed by atoms with E-state index in [1.807, 2.05) is 0 Å². The molecule has 1 spiro atoms. The van der Waals surface area contributed by atoms with Gasteiger partial charge in [0, 0.05) is 27.4 Å². The van der Waals surface area contributed by atoms with Crippen LogP contribution < -0.4 is 4.90 Å². The van der Waals surface area contributed by atoms with Gasteiger partial charge in [0.1, 0.15) is 0 Å². The zero-order valence-electron chi connectivity index (χ0n) is 43.8. The lowest BCUT2D eigenvalue weighted by Crippen LogP contribution is -2.33. The molecule has 1 aromatic heterocycles. The minimum absolute atomic E-state index is 0.556. The summed E-state index contributed by atoms with van der Waals surface area (Å²) in [6, 6.07) is 114. The van der Waals surface area contributed by atoms with E-state index in [1.54, 1.807) is 0 Å². The number of aromatic nitrogens is 1. The lowest BCUT2D eigenvalue weighted by atomic mass is 9.65. The Hall–Kier alpha value is -10.3. The van der Waals surface area contributed by atoms with Gasteiger partial charge in [0.25, 0.3) is 0 Å². The number of para-hydroxylation sites is 3. The highest BCUT2D eigenvalue weighted by molar-refractivity contribution is 6.13. The first-order valence-electron chi connectivity index (χ1n) is 27.9. The average Bonchev–Trinajstić information content (AvgIpc) is 4.32. The Morgan fingerprint density at radius 1 is 0.275 bits per heavy atom. The maximum absolute atomic E-state index is 2.55. The van der Waals surface area contributed by atoms with Gasteiger partial charge in [-0.1, -0.05) is 261 Å². The molecule has 2 aliphatic carbocycles. The maximum Gasteiger partial charge on any atom is 0.0754 e. The fourth-order valence-electron chi connectivity index (χ4n) is 15.0. The summed E-state index contributed by atoms with van der Waals surface area (Å²) in [4.78, 5) is 2.55. The Balaban J connectivity index is 0.913. The summed E-state index contributed by atoms with van der Waals surface area (Å²) in [7, 11) is 0. The fraction of sp³-hybridized carbons (Fsp3) is 0.0256. The van der Waals surface area contributed by atoms with Crippen molar-refractivity contribution in [2.75, 3.05) is 4.90 Å². The van der Waals surface area contributed by atoms with Crippen molar-refractivity contribution in [3.63, 3.8) is 0 Å². The second-order valence-electron chi connectivity index (χ2n) is 21.8. The van der Waals surface area contributed by atoms with Crippen molar-refractivity contribution in [1.29, 1.82) is 0 Å². The molecule has 0 bridgehead atoms. The van der Waals surface area contributed by atoms with Crippen LogP contribution in [0.2, 0.25) is 0 Å². The number of hydrogen-bond donors (Lipinski definition) is 0. The van der Waals surface area contributed by atoms with Gasteiger partial charge in [0.2, 0.25) is 0 Å². The second kappa shape index (κ2) is 17.1. The Labute approximate surface area is 465 Å². The summed E-state index contributed by atoms with van der Waals surface area (Å²) in [5.74, 6) is 0. The first kappa shape index (κ1) is 44.8. The largest absolute Gasteiger partial charge is 0.309 e. The predicted octanol–water partition coefficient (Wildman–Crippen LogP) is 19.8. The zero-order chi connectivity index (χ0) is 52.5. The Morgan fingerprint density at radius 3 is 1.61 bits per heavy atom. The molecule has 2 heteroatoms. The summed E-state index contributed by atoms with van der Waals surface area (Å²) in [6.45, 7) is 0. The van der Waals surface area contributed by atoms with E-state index in [1.165, 1.54) is 127 Å². The zero-order valence-corrected chi connectivity index (χ0v) is 43.8. The Bertz CT molecular complexity index is 4800. The lowest BCUT2D eigenvalue weighted by Gasteiger charge is -2.39. The molecule has 1 atom stereocenters. The van der Waals surface area contributed by atoms with E-state index in [2.05, 4.69) is 313 Å². The standard InChI is InChI=1S/C78H50N2/c1-4-23-51(24-5-1)52-25-20-30-56(49-52)79(74-44-22-40-68-75(74)64-35-13-16-38-66(64)77(68,54-26-6-2-7-27-54)55-28-8-3-9-29-55)72-48-47-57(58-31-10-11-33-61(58)72)53-45-46-60-59-32-12-15-37-65(59)78(70(60)50-53)67-39-17-19-43-73(67)80-71-42-18-14-34-62(71)63-36-21-41-69(78)76(63)80/h1-50H. The van der Waals surface area contributed by atoms with Gasteiger partial charge in [0.15, 0.2) is 0 Å². The summed E-state index contributed by atoms with van der Waals surface area (Å²) in [6.07, 6.45) is 0. The normalized spacial score (nSPS) is 14.9. The number of rotatable bonds is 7. The number of hydrogen-bond acceptors (Lipinski definition) is 1. The number of nitrogens with zero attached hydrogens (tertiary/aromatic N) is 2. The minimum Gasteiger partial charge on any atom is -0.309 e. The molecule has 0 amide bonds. The molecule has 3 aliphatic rings. The number of fused-ring (bicyclic) bond motifs is 16. The van der Waals surface area contributed by atoms with E-state index in [4.69, 9.17) is 0 Å². The van der Waals surface area contributed by atoms with Crippen LogP contribution in [0.5, 0.6) is 0 Å². The summed E-state index contributed by atoms with van der Waals surface area (Å²) >= 11 is 0. The van der Waals surface area contributed by atoms with Gasteiger partial charge in [-0.05, 0) is 131 Å². The van der Waals surface area contributed by atoms with E-state index < -0.39 is 10.8 Å². The smallest absolute Gasteiger partial charge is 0.0754 e. The molecule has 2 nitrogen and oxygen atoms in total. The molecule has 0 saturated heterocycles. The van der Waals surface area contributed by atoms with Crippen molar-refractivity contribution in [2.24, 2.45) is 0 Å². The third-order valence-electron chi connectivity index (χ3n) is 18.1. The monoisotopic (exact) mass is 1010 g/mol. The molecule has 1 aliphatic heterocycles. The first-order chi connectivity index (χ1) is 39.7. The van der Waals surface area contributed by atoms with Gasteiger partial charge in [-0.15, -0.1) is 0 Å². The van der Waals surface area contributed by atoms with E-state index in [0.29, 0.717) is 0 Å². The number of anilines is 3. The molecule has 2 heterocycles. The minimum atomic E-state index is -0.558. The highest BCUT2D eigenvalue weighted by atomic mass is 15.1. The maximum atomic E-state index is 2.55. The average molecular weight is 1020 g/mol. The molecule has 372 valence electrons. The molecule has 1 unspecified atom stereocenters. The van der Waals surface area contributed by atoms with Crippen molar-refractivity contribution in [1.82, 2.24) is 4.57 Å². The van der Waals surface area contributed by atoms with Crippen LogP contribution in [-0.2, 0) is 10.8 Å². The molecular formula is C78H50N2. The van der Waals surface area contributed by atoms with Crippen LogP contribution in [0.25, 0.3) is 82.8 Å². The SMILES string of the molecule is c1ccc(-c2cccc(N(c3cccc4c3-c3ccccc3C4(c3ccccc3)c3ccccc3)c3ccc(-c4ccc5c(c4)C4(c6ccccc6-5)c5ccccc5-n5c6ccccc6c6cccc4c65)c4ccccc34)c2)cc1. The van der Waals surface area contributed by atoms with E-state index in [0.717, 1.165) is 17.1 Å². The van der Waals surface area contributed by atoms with Crippen LogP contribution in [0.15, 0.2) is 303 Å². The third kappa shape index (κ3) is 5.97. The third-order valence-corrected chi connectivity index (χ3v) is 18.1. The van der Waals surface area contributed by atoms with Gasteiger partial charge >= 0.3 is 0 Å². The van der Waals surface area contributed by atoms with Crippen LogP contribution >= 0.6 is 0 Å². The van der Waals surface area contributed by atoms with Gasteiger partial charge in [-0.3, -0.25) is 0 Å². The molecule has 17 rings (SSSR count). The number of benzene rings is 13. The second-order valence-corrected chi connectivity index (χ2v) is 21.8. The molecule has 14 aromatic rings. The fourth-order valence-corrected chi connectivity index (χ4v) is 15.0. The molecule has 0 N–H and O–H groups in total. The quantitative estimate of drug-likeness (QED) is 0.154. The van der Waals surface area contributed by atoms with E-state index in [-0.39, 0.29) is 0 Å². The van der Waals surface area contributed by atoms with Crippen molar-refractivity contribution in [3.8, 4) is 50.2 Å². The highest BCUT2D eigenvalue weighted by Crippen LogP contribution is 2.63. The summed E-state index contributed by atoms with van der Waals surface area (Å²) in [5, 5.41) is 4.93. The molecule has 0 fully saturated rings. The molecule has 0 radical (unpaired) electrons. The van der Waals surface area contributed by atoms with Crippen molar-refractivity contribution >= 4 is 49.6 Å². The topological polar surface area (TPSA) is 8.17 Å². The molecule has 0 saturated carbocycles. The summed E-state index contributed by atoms with van der Waals surface area (Å²) < 4.78 is 2.53. The van der Waals surface area contributed by atoms with Crippen LogP contribution in [0.3, 0.4) is 0 Å². The van der Waals surface area contributed by atoms with Crippen LogP contribution in [-0.4, -0.2) is 4.57 Å². The Morgan fingerprint density at radius 2 is 0.825 bits per heavy atom. The van der Waals surface area contributed by atoms with Crippen LogP contribution in [0.1, 0.15) is 44.5 Å². The van der Waals surface area contributed by atoms with Crippen molar-refractivity contribution in [3.05, 3.63) is 348 Å². The predicted molar refractivity (Wildman–Crippen MR) is 332 cm³/mol. The van der Waals surface area contributed by atoms with E-state index in [9.17, 15) is 0 Å². The Kier molecular flexibility index (Phi) is 9.58. The van der Waals surface area contributed by atoms with Gasteiger partial charge in [0.05, 0.1) is 38.9 Å². The van der Waals surface area contributed by atoms with E-state index >= 15 is 0 Å². The van der Waals surface area contributed by atoms with Crippen LogP contribution in [0.4, 0.5) is 17.1 Å². The molecule has 80 heavy (non-hydrogen) atoms. The van der Waals surface area contributed by atoms with Gasteiger partial charge in [-0.2, -0.15) is 0 Å². The van der Waals surface area contributed by atoms with Crippen molar-refractivity contribution < 1.29 is 0 Å². The summed E-state index contributed by atoms with van der Waals surface area (Å²) in [5.41, 5.74) is 26.1. The van der Waals surface area contributed by atoms with Gasteiger partial charge in [-0.25, -0.2) is 0 Å². The first-order valence-corrected chi connectivity index (χ1v) is 27.9. The lowest BCUT2D eigenvalue weighted by molar-refractivity contribution is 0.749.